The zero-order valence-electron chi connectivity index (χ0n) is 5.48. The van der Waals surface area contributed by atoms with Gasteiger partial charge >= 0.3 is 0 Å². The van der Waals surface area contributed by atoms with Crippen LogP contribution in [0.15, 0.2) is 0 Å². The fourth-order valence-corrected chi connectivity index (χ4v) is 0.258. The second-order valence-corrected chi connectivity index (χ2v) is 1.53. The van der Waals surface area contributed by atoms with E-state index in [1.54, 1.807) is 0 Å². The minimum atomic E-state index is -2.44. The zero-order valence-corrected chi connectivity index (χ0v) is 6.43. The van der Waals surface area contributed by atoms with Crippen LogP contribution in [-0.2, 0) is 26.7 Å². The van der Waals surface area contributed by atoms with Gasteiger partial charge in [-0.05, 0) is 0 Å². The second kappa shape index (κ2) is 7.01. The number of rotatable bonds is 3. The van der Waals surface area contributed by atoms with Crippen LogP contribution < -0.4 is 10.2 Å². The topological polar surface area (TPSA) is 152 Å². The van der Waals surface area contributed by atoms with Crippen LogP contribution >= 0.6 is 0 Å². The summed E-state index contributed by atoms with van der Waals surface area (Å²) in [4.78, 5) is 19.3. The smallest absolute Gasteiger partial charge is 0.124 e. The molecule has 2 atom stereocenters. The van der Waals surface area contributed by atoms with Crippen molar-refractivity contribution in [1.29, 1.82) is 0 Å². The summed E-state index contributed by atoms with van der Waals surface area (Å²) < 4.78 is 0. The summed E-state index contributed by atoms with van der Waals surface area (Å²) in [6.07, 6.45) is -4.88. The maximum Gasteiger partial charge on any atom is 0.124 e. The number of carboxylic acids is 2. The van der Waals surface area contributed by atoms with Crippen molar-refractivity contribution in [2.24, 2.45) is 0 Å². The van der Waals surface area contributed by atoms with Crippen molar-refractivity contribution in [1.82, 2.24) is 0 Å². The Morgan fingerprint density at radius 1 is 1.00 bits per heavy atom. The van der Waals surface area contributed by atoms with Gasteiger partial charge in [0.15, 0.2) is 0 Å². The molecule has 7 nitrogen and oxygen atoms in total. The maximum atomic E-state index is 9.63. The van der Waals surface area contributed by atoms with E-state index in [0.29, 0.717) is 0 Å². The first-order valence-corrected chi connectivity index (χ1v) is 2.24. The molecule has 1 radical (unpaired) electrons. The third-order valence-corrected chi connectivity index (χ3v) is 0.782. The molecule has 0 aromatic heterocycles. The van der Waals surface area contributed by atoms with Gasteiger partial charge in [-0.25, -0.2) is 0 Å². The first kappa shape index (κ1) is 17.4. The molecular weight excluding hydrogens is 224 g/mol. The Bertz CT molecular complexity index is 139. The second-order valence-electron chi connectivity index (χ2n) is 1.53. The monoisotopic (exact) mass is 229 g/mol. The Morgan fingerprint density at radius 2 is 1.17 bits per heavy atom. The van der Waals surface area contributed by atoms with Gasteiger partial charge in [0.2, 0.25) is 0 Å². The van der Waals surface area contributed by atoms with Crippen LogP contribution in [0.3, 0.4) is 0 Å². The van der Waals surface area contributed by atoms with Gasteiger partial charge in [0.25, 0.3) is 0 Å². The number of carbonyl (C=O) groups excluding carboxylic acids is 2. The molecule has 0 saturated heterocycles. The van der Waals surface area contributed by atoms with Crippen molar-refractivity contribution in [2.45, 2.75) is 12.2 Å². The Balaban J connectivity index is -0.000000405. The summed E-state index contributed by atoms with van der Waals surface area (Å²) in [5.41, 5.74) is 0. The summed E-state index contributed by atoms with van der Waals surface area (Å²) in [6.45, 7) is 0. The number of aliphatic carboxylic acids is 2. The summed E-state index contributed by atoms with van der Waals surface area (Å²) in [6, 6.07) is 0. The molecule has 0 aromatic carbocycles. The van der Waals surface area contributed by atoms with Crippen molar-refractivity contribution < 1.29 is 52.6 Å². The number of aliphatic hydroxyl groups is 2. The summed E-state index contributed by atoms with van der Waals surface area (Å²) in [5, 5.41) is 35.7. The molecule has 12 heavy (non-hydrogen) atoms. The summed E-state index contributed by atoms with van der Waals surface area (Å²) >= 11 is 0. The molecule has 0 bridgehead atoms. The van der Waals surface area contributed by atoms with E-state index in [9.17, 15) is 19.8 Å². The van der Waals surface area contributed by atoms with E-state index in [0.717, 1.165) is 0 Å². The van der Waals surface area contributed by atoms with Crippen LogP contribution in [-0.4, -0.2) is 39.8 Å². The normalized spacial score (nSPS) is 13.2. The first-order valence-electron chi connectivity index (χ1n) is 2.24. The Kier molecular flexibility index (Phi) is 10.2. The van der Waals surface area contributed by atoms with Crippen LogP contribution in [0.2, 0.25) is 0 Å². The molecule has 0 spiro atoms. The van der Waals surface area contributed by atoms with E-state index in [4.69, 9.17) is 10.2 Å². The van der Waals surface area contributed by atoms with Gasteiger partial charge in [-0.15, -0.1) is 0 Å². The molecule has 0 rings (SSSR count). The summed E-state index contributed by atoms with van der Waals surface area (Å²) in [5.74, 6) is -4.12. The minimum absolute atomic E-state index is 0. The standard InChI is InChI=1S/C4H6O6.Cu.H2O/c5-1(3(7)8)2(6)4(9)10;;/h1-2,5-6H,(H,7,8)(H,9,10);;1H2/p-2/t1-,2-;;/m1../s1. The van der Waals surface area contributed by atoms with Crippen molar-refractivity contribution in [2.75, 3.05) is 0 Å². The Hall–Kier alpha value is -0.661. The van der Waals surface area contributed by atoms with E-state index in [1.165, 1.54) is 0 Å². The average molecular weight is 230 g/mol. The molecular formula is C4H6CuO7-2. The molecule has 0 amide bonds. The zero-order chi connectivity index (χ0) is 8.31. The molecule has 0 unspecified atom stereocenters. The summed E-state index contributed by atoms with van der Waals surface area (Å²) in [7, 11) is 0. The first-order chi connectivity index (χ1) is 4.46. The fourth-order valence-electron chi connectivity index (χ4n) is 0.258. The number of hydrogen-bond donors (Lipinski definition) is 2. The predicted octanol–water partition coefficient (Wildman–Crippen LogP) is -5.62. The Labute approximate surface area is 77.4 Å². The molecule has 4 N–H and O–H groups in total. The maximum absolute atomic E-state index is 9.63. The quantitative estimate of drug-likeness (QED) is 0.460. The molecule has 0 fully saturated rings. The average Bonchev–Trinajstić information content (AvgIpc) is 1.84. The van der Waals surface area contributed by atoms with Gasteiger partial charge in [-0.2, -0.15) is 0 Å². The predicted molar refractivity (Wildman–Crippen MR) is 25.6 cm³/mol. The molecule has 0 aliphatic carbocycles. The third kappa shape index (κ3) is 5.05. The van der Waals surface area contributed by atoms with E-state index < -0.39 is 24.1 Å². The number of carboxylic acid groups (broad SMARTS) is 2. The molecule has 0 saturated carbocycles. The van der Waals surface area contributed by atoms with Crippen LogP contribution in [0.4, 0.5) is 0 Å². The van der Waals surface area contributed by atoms with E-state index >= 15 is 0 Å². The Morgan fingerprint density at radius 3 is 1.25 bits per heavy atom. The minimum Gasteiger partial charge on any atom is -0.547 e. The van der Waals surface area contributed by atoms with Crippen LogP contribution in [0, 0.1) is 0 Å². The molecule has 0 aliphatic rings. The van der Waals surface area contributed by atoms with Crippen molar-refractivity contribution in [3.63, 3.8) is 0 Å². The molecule has 0 aromatic rings. The number of aliphatic hydroxyl groups excluding tert-OH is 2. The van der Waals surface area contributed by atoms with Gasteiger partial charge < -0.3 is 35.5 Å². The number of hydrogen-bond acceptors (Lipinski definition) is 6. The van der Waals surface area contributed by atoms with Crippen LogP contribution in [0.1, 0.15) is 0 Å². The number of carbonyl (C=O) groups is 2. The molecule has 0 aliphatic heterocycles. The molecule has 0 heterocycles. The third-order valence-electron chi connectivity index (χ3n) is 0.782. The van der Waals surface area contributed by atoms with E-state index in [1.807, 2.05) is 0 Å². The fraction of sp³-hybridized carbons (Fsp3) is 0.500. The van der Waals surface area contributed by atoms with Crippen molar-refractivity contribution >= 4 is 11.9 Å². The SMILES string of the molecule is O.O=C([O-])[C@H](O)[C@@H](O)C(=O)[O-].[Cu]. The van der Waals surface area contributed by atoms with E-state index in [-0.39, 0.29) is 22.5 Å². The largest absolute Gasteiger partial charge is 0.547 e. The van der Waals surface area contributed by atoms with E-state index in [2.05, 4.69) is 0 Å². The van der Waals surface area contributed by atoms with Crippen molar-refractivity contribution in [3.05, 3.63) is 0 Å². The van der Waals surface area contributed by atoms with Gasteiger partial charge in [0, 0.05) is 17.1 Å². The van der Waals surface area contributed by atoms with Crippen LogP contribution in [0.25, 0.3) is 0 Å². The van der Waals surface area contributed by atoms with Gasteiger partial charge in [0.1, 0.15) is 12.2 Å². The van der Waals surface area contributed by atoms with Gasteiger partial charge in [-0.3, -0.25) is 0 Å². The van der Waals surface area contributed by atoms with Crippen molar-refractivity contribution in [3.8, 4) is 0 Å². The van der Waals surface area contributed by atoms with Gasteiger partial charge in [0.05, 0.1) is 11.9 Å². The van der Waals surface area contributed by atoms with Crippen LogP contribution in [0.5, 0.6) is 0 Å². The molecule has 77 valence electrons. The van der Waals surface area contributed by atoms with Gasteiger partial charge in [-0.1, -0.05) is 0 Å². The molecule has 8 heteroatoms.